The first-order valence-electron chi connectivity index (χ1n) is 12.3. The van der Waals surface area contributed by atoms with Crippen LogP contribution in [0.2, 0.25) is 0 Å². The van der Waals surface area contributed by atoms with E-state index in [1.165, 1.54) is 0 Å². The molecule has 0 spiro atoms. The van der Waals surface area contributed by atoms with Crippen molar-refractivity contribution in [2.24, 2.45) is 17.6 Å². The summed E-state index contributed by atoms with van der Waals surface area (Å²) in [4.78, 5) is 0.260. The van der Waals surface area contributed by atoms with Gasteiger partial charge in [-0.05, 0) is 65.8 Å². The molecule has 0 aromatic heterocycles. The summed E-state index contributed by atoms with van der Waals surface area (Å²) >= 11 is 0. The second kappa shape index (κ2) is 12.9. The number of nitrogens with two attached hydrogens (primary N) is 1. The van der Waals surface area contributed by atoms with E-state index in [0.29, 0.717) is 31.9 Å². The molecule has 0 saturated carbocycles. The summed E-state index contributed by atoms with van der Waals surface area (Å²) in [5, 5.41) is 0. The topological polar surface area (TPSA) is 81.9 Å². The van der Waals surface area contributed by atoms with Gasteiger partial charge in [0, 0.05) is 19.1 Å². The maximum atomic E-state index is 13.4. The van der Waals surface area contributed by atoms with Crippen molar-refractivity contribution in [1.82, 2.24) is 4.31 Å². The maximum absolute atomic E-state index is 13.4. The summed E-state index contributed by atoms with van der Waals surface area (Å²) in [6.07, 6.45) is 0.651. The summed E-state index contributed by atoms with van der Waals surface area (Å²) in [7, 11) is -2.09. The van der Waals surface area contributed by atoms with Crippen molar-refractivity contribution < 1.29 is 17.9 Å². The first-order chi connectivity index (χ1) is 17.2. The Hall–Kier alpha value is -2.87. The number of benzene rings is 3. The Morgan fingerprint density at radius 1 is 0.806 bits per heavy atom. The molecule has 0 unspecified atom stereocenters. The molecule has 6 nitrogen and oxygen atoms in total. The number of nitrogens with zero attached hydrogens (tertiary/aromatic N) is 1. The predicted molar refractivity (Wildman–Crippen MR) is 145 cm³/mol. The summed E-state index contributed by atoms with van der Waals surface area (Å²) in [5.74, 6) is 1.57. The third-order valence-electron chi connectivity index (χ3n) is 6.13. The highest BCUT2D eigenvalue weighted by Gasteiger charge is 2.28. The Morgan fingerprint density at radius 2 is 1.42 bits per heavy atom. The average molecular weight is 511 g/mol. The van der Waals surface area contributed by atoms with Crippen LogP contribution in [0.5, 0.6) is 11.5 Å². The zero-order chi connectivity index (χ0) is 26.1. The van der Waals surface area contributed by atoms with Crippen molar-refractivity contribution in [3.05, 3.63) is 90.0 Å². The van der Waals surface area contributed by atoms with E-state index in [1.807, 2.05) is 75.4 Å². The summed E-state index contributed by atoms with van der Waals surface area (Å²) in [6.45, 7) is 7.35. The first kappa shape index (κ1) is 27.7. The second-order valence-electron chi connectivity index (χ2n) is 9.65. The van der Waals surface area contributed by atoms with E-state index in [2.05, 4.69) is 0 Å². The molecule has 7 heteroatoms. The van der Waals surface area contributed by atoms with Crippen molar-refractivity contribution in [2.75, 3.05) is 20.2 Å². The van der Waals surface area contributed by atoms with Crippen LogP contribution in [0.1, 0.15) is 31.9 Å². The molecule has 0 radical (unpaired) electrons. The van der Waals surface area contributed by atoms with Gasteiger partial charge >= 0.3 is 0 Å². The van der Waals surface area contributed by atoms with Gasteiger partial charge in [0.1, 0.15) is 18.1 Å². The lowest BCUT2D eigenvalue weighted by Crippen LogP contribution is -2.43. The largest absolute Gasteiger partial charge is 0.497 e. The molecule has 0 aliphatic heterocycles. The fraction of sp³-hybridized carbons (Fsp3) is 0.379. The Kier molecular flexibility index (Phi) is 9.93. The Morgan fingerprint density at radius 3 is 2.00 bits per heavy atom. The first-order valence-corrected chi connectivity index (χ1v) is 13.8. The third kappa shape index (κ3) is 7.82. The fourth-order valence-electron chi connectivity index (χ4n) is 3.97. The minimum Gasteiger partial charge on any atom is -0.497 e. The van der Waals surface area contributed by atoms with Gasteiger partial charge in [0.2, 0.25) is 10.0 Å². The molecule has 0 heterocycles. The van der Waals surface area contributed by atoms with Crippen molar-refractivity contribution in [3.8, 4) is 11.5 Å². The number of hydrogen-bond acceptors (Lipinski definition) is 5. The van der Waals surface area contributed by atoms with Crippen molar-refractivity contribution in [1.29, 1.82) is 0 Å². The van der Waals surface area contributed by atoms with E-state index in [9.17, 15) is 8.42 Å². The van der Waals surface area contributed by atoms with Crippen LogP contribution in [0.3, 0.4) is 0 Å². The lowest BCUT2D eigenvalue weighted by Gasteiger charge is -2.29. The van der Waals surface area contributed by atoms with Gasteiger partial charge in [0.15, 0.2) is 0 Å². The minimum absolute atomic E-state index is 0.0363. The molecular formula is C29H38N2O4S. The van der Waals surface area contributed by atoms with Gasteiger partial charge in [0.05, 0.1) is 12.0 Å². The van der Waals surface area contributed by atoms with E-state index < -0.39 is 10.0 Å². The lowest BCUT2D eigenvalue weighted by atomic mass is 9.95. The average Bonchev–Trinajstić information content (AvgIpc) is 2.88. The van der Waals surface area contributed by atoms with Crippen LogP contribution in [0.15, 0.2) is 83.8 Å². The van der Waals surface area contributed by atoms with Crippen LogP contribution in [-0.4, -0.2) is 39.0 Å². The SMILES string of the molecule is COc1ccc(S(=O)(=O)N(CC(C)C)C[C@@H](C)[C@@H](N)Cc2ccc(OCc3ccccc3)cc2)cc1. The van der Waals surface area contributed by atoms with E-state index in [0.717, 1.165) is 16.9 Å². The highest BCUT2D eigenvalue weighted by Crippen LogP contribution is 2.23. The predicted octanol–water partition coefficient (Wildman–Crippen LogP) is 5.13. The Bertz CT molecular complexity index is 1160. The number of ether oxygens (including phenoxy) is 2. The standard InChI is InChI=1S/C29H38N2O4S/c1-22(2)19-31(36(32,33)28-16-14-26(34-4)15-17-28)20-23(3)29(30)18-24-10-12-27(13-11-24)35-21-25-8-6-5-7-9-25/h5-17,22-23,29H,18-21,30H2,1-4H3/t23-,29+/m1/s1. The number of rotatable bonds is 13. The quantitative estimate of drug-likeness (QED) is 0.345. The van der Waals surface area contributed by atoms with E-state index in [1.54, 1.807) is 35.7 Å². The highest BCUT2D eigenvalue weighted by molar-refractivity contribution is 7.89. The Balaban J connectivity index is 1.62. The highest BCUT2D eigenvalue weighted by atomic mass is 32.2. The molecule has 36 heavy (non-hydrogen) atoms. The van der Waals surface area contributed by atoms with Gasteiger partial charge in [-0.25, -0.2) is 8.42 Å². The fourth-order valence-corrected chi connectivity index (χ4v) is 5.67. The van der Waals surface area contributed by atoms with Crippen LogP contribution in [0.4, 0.5) is 0 Å². The van der Waals surface area contributed by atoms with Crippen molar-refractivity contribution >= 4 is 10.0 Å². The van der Waals surface area contributed by atoms with Crippen LogP contribution < -0.4 is 15.2 Å². The van der Waals surface area contributed by atoms with Crippen molar-refractivity contribution in [2.45, 2.75) is 44.7 Å². The molecule has 0 aliphatic carbocycles. The van der Waals surface area contributed by atoms with Gasteiger partial charge < -0.3 is 15.2 Å². The number of sulfonamides is 1. The molecule has 2 N–H and O–H groups in total. The van der Waals surface area contributed by atoms with Crippen LogP contribution in [0.25, 0.3) is 0 Å². The maximum Gasteiger partial charge on any atom is 0.243 e. The third-order valence-corrected chi connectivity index (χ3v) is 7.98. The van der Waals surface area contributed by atoms with Gasteiger partial charge in [-0.15, -0.1) is 0 Å². The zero-order valence-corrected chi connectivity index (χ0v) is 22.4. The van der Waals surface area contributed by atoms with Gasteiger partial charge in [0.25, 0.3) is 0 Å². The van der Waals surface area contributed by atoms with Gasteiger partial charge in [-0.2, -0.15) is 4.31 Å². The minimum atomic E-state index is -3.65. The molecule has 3 rings (SSSR count). The molecule has 2 atom stereocenters. The van der Waals surface area contributed by atoms with E-state index in [-0.39, 0.29) is 22.8 Å². The summed E-state index contributed by atoms with van der Waals surface area (Å²) in [5.41, 5.74) is 8.76. The molecular weight excluding hydrogens is 472 g/mol. The second-order valence-corrected chi connectivity index (χ2v) is 11.6. The van der Waals surface area contributed by atoms with Crippen LogP contribution in [-0.2, 0) is 23.1 Å². The number of methoxy groups -OCH3 is 1. The molecule has 0 bridgehead atoms. The van der Waals surface area contributed by atoms with E-state index in [4.69, 9.17) is 15.2 Å². The molecule has 0 amide bonds. The zero-order valence-electron chi connectivity index (χ0n) is 21.6. The van der Waals surface area contributed by atoms with E-state index >= 15 is 0 Å². The molecule has 3 aromatic carbocycles. The molecule has 0 saturated heterocycles. The monoisotopic (exact) mass is 510 g/mol. The molecule has 194 valence electrons. The summed E-state index contributed by atoms with van der Waals surface area (Å²) in [6, 6.07) is 24.3. The molecule has 0 aliphatic rings. The summed E-state index contributed by atoms with van der Waals surface area (Å²) < 4.78 is 39.4. The van der Waals surface area contributed by atoms with Crippen LogP contribution in [0, 0.1) is 11.8 Å². The van der Waals surface area contributed by atoms with Gasteiger partial charge in [-0.3, -0.25) is 0 Å². The lowest BCUT2D eigenvalue weighted by molar-refractivity contribution is 0.298. The Labute approximate surface area is 216 Å². The smallest absolute Gasteiger partial charge is 0.243 e. The van der Waals surface area contributed by atoms with Crippen molar-refractivity contribution in [3.63, 3.8) is 0 Å². The van der Waals surface area contributed by atoms with Crippen LogP contribution >= 0.6 is 0 Å². The normalized spacial score (nSPS) is 13.5. The van der Waals surface area contributed by atoms with Gasteiger partial charge in [-0.1, -0.05) is 63.2 Å². The number of hydrogen-bond donors (Lipinski definition) is 1. The molecule has 0 fully saturated rings. The molecule has 3 aromatic rings.